The second-order valence-electron chi connectivity index (χ2n) is 22.7. The largest absolute Gasteiger partial charge is 0.508 e. The number of ether oxygens (including phenoxy) is 3. The molecule has 3 rings (SSSR count). The van der Waals surface area contributed by atoms with Gasteiger partial charge in [-0.3, -0.25) is 0 Å². The van der Waals surface area contributed by atoms with E-state index >= 15 is 0 Å². The van der Waals surface area contributed by atoms with Crippen molar-refractivity contribution in [3.63, 3.8) is 0 Å². The topological polar surface area (TPSA) is 88.4 Å². The molecule has 0 aliphatic carbocycles. The van der Waals surface area contributed by atoms with Crippen LogP contribution in [-0.2, 0) is 19.3 Å². The Hall–Kier alpha value is -3.25. The number of aromatic hydroxyl groups is 3. The van der Waals surface area contributed by atoms with Gasteiger partial charge in [-0.15, -0.1) is 0 Å². The Labute approximate surface area is 487 Å². The summed E-state index contributed by atoms with van der Waals surface area (Å²) in [5.74, 6) is 3.31. The van der Waals surface area contributed by atoms with Crippen LogP contribution in [0.3, 0.4) is 0 Å². The summed E-state index contributed by atoms with van der Waals surface area (Å²) in [6.07, 6.45) is 57.0. The van der Waals surface area contributed by atoms with E-state index in [1.807, 2.05) is 12.1 Å². The molecule has 0 bridgehead atoms. The Morgan fingerprint density at radius 1 is 0.295 bits per heavy atom. The van der Waals surface area contributed by atoms with Crippen molar-refractivity contribution < 1.29 is 29.5 Å². The molecule has 0 unspecified atom stereocenters. The van der Waals surface area contributed by atoms with Crippen LogP contribution < -0.4 is 14.2 Å². The fourth-order valence-electron chi connectivity index (χ4n) is 10.1. The molecule has 7 heteroatoms. The van der Waals surface area contributed by atoms with Crippen molar-refractivity contribution in [2.24, 2.45) is 0 Å². The molecule has 3 aromatic carbocycles. The van der Waals surface area contributed by atoms with Crippen LogP contribution in [0.25, 0.3) is 0 Å². The van der Waals surface area contributed by atoms with Crippen LogP contribution in [0.5, 0.6) is 34.5 Å². The first-order chi connectivity index (χ1) is 38.2. The van der Waals surface area contributed by atoms with E-state index in [-0.39, 0.29) is 5.75 Å². The minimum atomic E-state index is 0.155. The number of hydrogen-bond acceptors (Lipinski definition) is 6. The first-order valence-corrected chi connectivity index (χ1v) is 33.6. The molecule has 0 fully saturated rings. The lowest BCUT2D eigenvalue weighted by Crippen LogP contribution is -2.02. The van der Waals surface area contributed by atoms with Gasteiger partial charge in [-0.05, 0) is 92.3 Å². The Morgan fingerprint density at radius 3 is 1.05 bits per heavy atom. The van der Waals surface area contributed by atoms with Crippen molar-refractivity contribution in [2.75, 3.05) is 19.8 Å². The van der Waals surface area contributed by atoms with E-state index in [4.69, 9.17) is 25.8 Å². The summed E-state index contributed by atoms with van der Waals surface area (Å²) < 4.78 is 17.7. The maximum Gasteiger partial charge on any atom is 0.126 e. The van der Waals surface area contributed by atoms with Gasteiger partial charge in [-0.25, -0.2) is 0 Å². The van der Waals surface area contributed by atoms with Gasteiger partial charge in [0.1, 0.15) is 34.5 Å². The van der Waals surface area contributed by atoms with Crippen LogP contribution in [0.15, 0.2) is 48.5 Å². The molecule has 0 heterocycles. The summed E-state index contributed by atoms with van der Waals surface area (Å²) in [4.78, 5) is 0. The van der Waals surface area contributed by atoms with Gasteiger partial charge >= 0.3 is 0 Å². The number of phenols is 3. The van der Waals surface area contributed by atoms with Crippen molar-refractivity contribution in [1.82, 2.24) is 0 Å². The highest BCUT2D eigenvalue weighted by atomic mass is 35.5. The molecule has 6 nitrogen and oxygen atoms in total. The molecule has 0 spiro atoms. The fourth-order valence-corrected chi connectivity index (χ4v) is 10.4. The average Bonchev–Trinajstić information content (AvgIpc) is 3.43. The maximum atomic E-state index is 10.5. The van der Waals surface area contributed by atoms with E-state index in [2.05, 4.69) is 47.6 Å². The summed E-state index contributed by atoms with van der Waals surface area (Å²) >= 11 is 5.87. The highest BCUT2D eigenvalue weighted by Crippen LogP contribution is 2.32. The van der Waals surface area contributed by atoms with Crippen LogP contribution in [-0.4, -0.2) is 35.1 Å². The van der Waals surface area contributed by atoms with Crippen molar-refractivity contribution in [1.29, 1.82) is 0 Å². The molecule has 3 aromatic rings. The van der Waals surface area contributed by atoms with Crippen molar-refractivity contribution >= 4 is 11.6 Å². The third-order valence-electron chi connectivity index (χ3n) is 15.1. The molecule has 0 aliphatic rings. The Bertz CT molecular complexity index is 1740. The standard InChI is InChI=1S/C28H50O2.C23H40O2.C20H33ClO2/c1-4-7-10-13-14-15-16-19-22-30-28-24-27(29)25(20-17-11-8-5-2)23-26(28)21-18-12-9-6-3;1-3-5-6-7-8-9-10-11-12-13-14-15-19-25-23-20-22(24)18-17-21(23)16-4-2;1-2-3-4-5-6-7-8-9-10-11-12-13-14-23-20-16-18(21)15-19(22)17-20/h23-24,29H,4-22H2,1-3H3;17-18,20,24H,3-16,19H2,1-2H3;15-17,22H,2-14H2,1H3. The second-order valence-corrected chi connectivity index (χ2v) is 23.1. The Kier molecular flexibility index (Phi) is 50.7. The van der Waals surface area contributed by atoms with E-state index < -0.39 is 0 Å². The normalized spacial score (nSPS) is 11.0. The van der Waals surface area contributed by atoms with Gasteiger partial charge < -0.3 is 29.5 Å². The third-order valence-corrected chi connectivity index (χ3v) is 15.3. The molecule has 78 heavy (non-hydrogen) atoms. The molecular weight excluding hydrogens is 984 g/mol. The summed E-state index contributed by atoms with van der Waals surface area (Å²) in [6, 6.07) is 14.5. The molecule has 0 saturated carbocycles. The van der Waals surface area contributed by atoms with Crippen LogP contribution in [0.1, 0.15) is 321 Å². The van der Waals surface area contributed by atoms with Crippen molar-refractivity contribution in [3.05, 3.63) is 70.2 Å². The monoisotopic (exact) mass is 1110 g/mol. The van der Waals surface area contributed by atoms with E-state index in [1.54, 1.807) is 24.3 Å². The van der Waals surface area contributed by atoms with Crippen LogP contribution in [0.4, 0.5) is 0 Å². The number of aryl methyl sites for hydroxylation is 3. The zero-order valence-electron chi connectivity index (χ0n) is 51.8. The maximum absolute atomic E-state index is 10.5. The van der Waals surface area contributed by atoms with Crippen LogP contribution in [0, 0.1) is 0 Å². The Balaban J connectivity index is 0.000000591. The van der Waals surface area contributed by atoms with Crippen LogP contribution in [0.2, 0.25) is 5.02 Å². The minimum Gasteiger partial charge on any atom is -0.508 e. The molecule has 3 N–H and O–H groups in total. The third kappa shape index (κ3) is 42.6. The van der Waals surface area contributed by atoms with E-state index in [0.717, 1.165) is 81.6 Å². The van der Waals surface area contributed by atoms with Gasteiger partial charge in [0.2, 0.25) is 0 Å². The molecule has 0 amide bonds. The van der Waals surface area contributed by atoms with E-state index in [9.17, 15) is 15.3 Å². The number of benzene rings is 3. The van der Waals surface area contributed by atoms with Gasteiger partial charge in [-0.1, -0.05) is 290 Å². The lowest BCUT2D eigenvalue weighted by Gasteiger charge is -2.15. The summed E-state index contributed by atoms with van der Waals surface area (Å²) in [5.41, 5.74) is 3.62. The number of hydrogen-bond donors (Lipinski definition) is 3. The quantitative estimate of drug-likeness (QED) is 0.0488. The van der Waals surface area contributed by atoms with E-state index in [0.29, 0.717) is 28.9 Å². The average molecular weight is 1110 g/mol. The first-order valence-electron chi connectivity index (χ1n) is 33.3. The molecular formula is C71H123ClO6. The van der Waals surface area contributed by atoms with Gasteiger partial charge in [-0.2, -0.15) is 0 Å². The van der Waals surface area contributed by atoms with Gasteiger partial charge in [0, 0.05) is 23.2 Å². The smallest absolute Gasteiger partial charge is 0.126 e. The molecule has 0 aromatic heterocycles. The highest BCUT2D eigenvalue weighted by molar-refractivity contribution is 6.30. The molecule has 0 aliphatic heterocycles. The molecule has 450 valence electrons. The molecule has 0 saturated heterocycles. The van der Waals surface area contributed by atoms with Gasteiger partial charge in [0.05, 0.1) is 19.8 Å². The number of phenolic OH excluding ortho intramolecular Hbond substituents is 3. The van der Waals surface area contributed by atoms with Crippen LogP contribution >= 0.6 is 11.6 Å². The molecule has 0 radical (unpaired) electrons. The summed E-state index contributed by atoms with van der Waals surface area (Å²) in [6.45, 7) is 15.7. The Morgan fingerprint density at radius 2 is 0.654 bits per heavy atom. The fraction of sp³-hybridized carbons (Fsp3) is 0.746. The predicted molar refractivity (Wildman–Crippen MR) is 340 cm³/mol. The van der Waals surface area contributed by atoms with Gasteiger partial charge in [0.25, 0.3) is 0 Å². The second kappa shape index (κ2) is 54.3. The van der Waals surface area contributed by atoms with Gasteiger partial charge in [0.15, 0.2) is 0 Å². The van der Waals surface area contributed by atoms with Crippen molar-refractivity contribution in [2.45, 2.75) is 324 Å². The van der Waals surface area contributed by atoms with Crippen molar-refractivity contribution in [3.8, 4) is 34.5 Å². The zero-order chi connectivity index (χ0) is 56.8. The predicted octanol–water partition coefficient (Wildman–Crippen LogP) is 23.7. The number of halogens is 1. The first kappa shape index (κ1) is 72.8. The summed E-state index contributed by atoms with van der Waals surface area (Å²) in [7, 11) is 0. The minimum absolute atomic E-state index is 0.155. The SMILES string of the molecule is CCCCCCCCCCCCCCOc1cc(O)cc(Cl)c1.CCCCCCCCCCCCCCOc1cc(O)ccc1CCC.CCCCCCCCCCOc1cc(O)c(CCCCCC)cc1CCCCCC. The lowest BCUT2D eigenvalue weighted by molar-refractivity contribution is 0.299. The number of rotatable bonds is 50. The number of unbranched alkanes of at least 4 members (excludes halogenated alkanes) is 35. The summed E-state index contributed by atoms with van der Waals surface area (Å²) in [5, 5.41) is 30.1. The van der Waals surface area contributed by atoms with E-state index in [1.165, 1.54) is 248 Å². The lowest BCUT2D eigenvalue weighted by atomic mass is 9.98. The zero-order valence-corrected chi connectivity index (χ0v) is 52.6. The highest BCUT2D eigenvalue weighted by Gasteiger charge is 2.12. The molecule has 0 atom stereocenters.